The van der Waals surface area contributed by atoms with Crippen LogP contribution in [-0.4, -0.2) is 16.9 Å². The van der Waals surface area contributed by atoms with Crippen molar-refractivity contribution in [2.45, 2.75) is 20.5 Å². The molecule has 2 heterocycles. The standard InChI is InChI=1S/C13H13NO3S/c1-7-3-10-11(17-6-16-10)4-9(7)13-14-8(2)12(5-15)18-13/h3-4,15H,5-6H2,1-2H3. The molecule has 0 aliphatic carbocycles. The van der Waals surface area contributed by atoms with Gasteiger partial charge >= 0.3 is 0 Å². The Morgan fingerprint density at radius 1 is 1.28 bits per heavy atom. The first-order chi connectivity index (χ1) is 8.69. The van der Waals surface area contributed by atoms with Crippen LogP contribution >= 0.6 is 11.3 Å². The molecular weight excluding hydrogens is 250 g/mol. The fourth-order valence-corrected chi connectivity index (χ4v) is 2.97. The van der Waals surface area contributed by atoms with Gasteiger partial charge in [-0.3, -0.25) is 0 Å². The molecule has 1 aliphatic heterocycles. The average molecular weight is 263 g/mol. The van der Waals surface area contributed by atoms with Crippen LogP contribution in [0.3, 0.4) is 0 Å². The Morgan fingerprint density at radius 3 is 2.67 bits per heavy atom. The topological polar surface area (TPSA) is 51.6 Å². The molecule has 1 aromatic carbocycles. The Hall–Kier alpha value is -1.59. The van der Waals surface area contributed by atoms with Crippen molar-refractivity contribution in [3.05, 3.63) is 28.3 Å². The maximum Gasteiger partial charge on any atom is 0.231 e. The molecule has 0 saturated heterocycles. The highest BCUT2D eigenvalue weighted by molar-refractivity contribution is 7.15. The van der Waals surface area contributed by atoms with Gasteiger partial charge < -0.3 is 14.6 Å². The van der Waals surface area contributed by atoms with Gasteiger partial charge in [0, 0.05) is 5.56 Å². The molecule has 0 saturated carbocycles. The van der Waals surface area contributed by atoms with Gasteiger partial charge in [0.25, 0.3) is 0 Å². The average Bonchev–Trinajstić information content (AvgIpc) is 2.93. The molecule has 1 N–H and O–H groups in total. The molecule has 0 atom stereocenters. The van der Waals surface area contributed by atoms with E-state index in [2.05, 4.69) is 4.98 Å². The quantitative estimate of drug-likeness (QED) is 0.905. The van der Waals surface area contributed by atoms with E-state index in [9.17, 15) is 5.11 Å². The minimum atomic E-state index is 0.0348. The van der Waals surface area contributed by atoms with Crippen molar-refractivity contribution in [1.29, 1.82) is 0 Å². The molecule has 3 rings (SSSR count). The molecular formula is C13H13NO3S. The summed E-state index contributed by atoms with van der Waals surface area (Å²) < 4.78 is 10.7. The zero-order valence-electron chi connectivity index (χ0n) is 10.2. The third kappa shape index (κ3) is 1.76. The van der Waals surface area contributed by atoms with E-state index in [1.807, 2.05) is 26.0 Å². The maximum atomic E-state index is 9.23. The summed E-state index contributed by atoms with van der Waals surface area (Å²) in [5.74, 6) is 1.54. The van der Waals surface area contributed by atoms with Gasteiger partial charge in [0.05, 0.1) is 17.2 Å². The first kappa shape index (κ1) is 11.5. The summed E-state index contributed by atoms with van der Waals surface area (Å²) in [6.45, 7) is 4.24. The van der Waals surface area contributed by atoms with Gasteiger partial charge in [-0.15, -0.1) is 11.3 Å². The Bertz CT molecular complexity index is 607. The van der Waals surface area contributed by atoms with Crippen LogP contribution in [0.25, 0.3) is 10.6 Å². The largest absolute Gasteiger partial charge is 0.454 e. The van der Waals surface area contributed by atoms with Gasteiger partial charge in [0.1, 0.15) is 5.01 Å². The van der Waals surface area contributed by atoms with Crippen LogP contribution in [0.4, 0.5) is 0 Å². The second kappa shape index (κ2) is 4.26. The van der Waals surface area contributed by atoms with Crippen molar-refractivity contribution in [3.63, 3.8) is 0 Å². The van der Waals surface area contributed by atoms with Crippen molar-refractivity contribution in [3.8, 4) is 22.1 Å². The molecule has 5 heteroatoms. The summed E-state index contributed by atoms with van der Waals surface area (Å²) in [6, 6.07) is 3.92. The van der Waals surface area contributed by atoms with Crippen LogP contribution in [0.5, 0.6) is 11.5 Å². The highest BCUT2D eigenvalue weighted by Gasteiger charge is 2.18. The van der Waals surface area contributed by atoms with E-state index < -0.39 is 0 Å². The Labute approximate surface area is 109 Å². The second-order valence-corrected chi connectivity index (χ2v) is 5.29. The summed E-state index contributed by atoms with van der Waals surface area (Å²) in [4.78, 5) is 5.40. The number of aryl methyl sites for hydroxylation is 2. The molecule has 0 bridgehead atoms. The summed E-state index contributed by atoms with van der Waals surface area (Å²) in [7, 11) is 0. The third-order valence-corrected chi connectivity index (χ3v) is 4.16. The normalized spacial score (nSPS) is 13.1. The van der Waals surface area contributed by atoms with Crippen LogP contribution in [0.15, 0.2) is 12.1 Å². The molecule has 0 spiro atoms. The van der Waals surface area contributed by atoms with Crippen molar-refractivity contribution >= 4 is 11.3 Å². The number of rotatable bonds is 2. The number of hydrogen-bond acceptors (Lipinski definition) is 5. The van der Waals surface area contributed by atoms with E-state index in [1.165, 1.54) is 11.3 Å². The monoisotopic (exact) mass is 263 g/mol. The number of thiazole rings is 1. The highest BCUT2D eigenvalue weighted by Crippen LogP contribution is 2.39. The summed E-state index contributed by atoms with van der Waals surface area (Å²) in [5.41, 5.74) is 3.01. The molecule has 18 heavy (non-hydrogen) atoms. The minimum absolute atomic E-state index is 0.0348. The fourth-order valence-electron chi connectivity index (χ4n) is 1.96. The van der Waals surface area contributed by atoms with Gasteiger partial charge in [0.2, 0.25) is 6.79 Å². The Kier molecular flexibility index (Phi) is 2.72. The summed E-state index contributed by atoms with van der Waals surface area (Å²) in [6.07, 6.45) is 0. The van der Waals surface area contributed by atoms with E-state index in [-0.39, 0.29) is 13.4 Å². The number of aliphatic hydroxyl groups excluding tert-OH is 1. The second-order valence-electron chi connectivity index (χ2n) is 4.21. The van der Waals surface area contributed by atoms with E-state index in [0.29, 0.717) is 0 Å². The fraction of sp³-hybridized carbons (Fsp3) is 0.308. The number of fused-ring (bicyclic) bond motifs is 1. The summed E-state index contributed by atoms with van der Waals surface area (Å²) in [5, 5.41) is 10.1. The van der Waals surface area contributed by atoms with Gasteiger partial charge in [-0.1, -0.05) is 0 Å². The number of ether oxygens (including phenoxy) is 2. The van der Waals surface area contributed by atoms with Crippen LogP contribution in [-0.2, 0) is 6.61 Å². The molecule has 1 aliphatic rings. The lowest BCUT2D eigenvalue weighted by Crippen LogP contribution is -1.92. The van der Waals surface area contributed by atoms with Crippen molar-refractivity contribution < 1.29 is 14.6 Å². The number of nitrogens with zero attached hydrogens (tertiary/aromatic N) is 1. The van der Waals surface area contributed by atoms with Gasteiger partial charge in [-0.25, -0.2) is 4.98 Å². The molecule has 0 radical (unpaired) electrons. The van der Waals surface area contributed by atoms with Crippen LogP contribution < -0.4 is 9.47 Å². The van der Waals surface area contributed by atoms with Gasteiger partial charge in [0.15, 0.2) is 11.5 Å². The predicted molar refractivity (Wildman–Crippen MR) is 69.1 cm³/mol. The van der Waals surface area contributed by atoms with Crippen LogP contribution in [0.2, 0.25) is 0 Å². The van der Waals surface area contributed by atoms with Crippen molar-refractivity contribution in [2.75, 3.05) is 6.79 Å². The Balaban J connectivity index is 2.10. The highest BCUT2D eigenvalue weighted by atomic mass is 32.1. The number of benzene rings is 1. The zero-order chi connectivity index (χ0) is 12.7. The van der Waals surface area contributed by atoms with E-state index >= 15 is 0 Å². The molecule has 0 amide bonds. The number of hydrogen-bond donors (Lipinski definition) is 1. The molecule has 94 valence electrons. The first-order valence-corrected chi connectivity index (χ1v) is 6.48. The lowest BCUT2D eigenvalue weighted by Gasteiger charge is -2.04. The van der Waals surface area contributed by atoms with E-state index in [1.54, 1.807) is 0 Å². The summed E-state index contributed by atoms with van der Waals surface area (Å²) >= 11 is 1.51. The predicted octanol–water partition coefficient (Wildman–Crippen LogP) is 2.65. The number of aromatic nitrogens is 1. The molecule has 2 aromatic rings. The molecule has 1 aromatic heterocycles. The molecule has 0 unspecified atom stereocenters. The van der Waals surface area contributed by atoms with E-state index in [4.69, 9.17) is 9.47 Å². The van der Waals surface area contributed by atoms with E-state index in [0.717, 1.165) is 38.2 Å². The van der Waals surface area contributed by atoms with Gasteiger partial charge in [-0.05, 0) is 31.5 Å². The Morgan fingerprint density at radius 2 is 2.00 bits per heavy atom. The first-order valence-electron chi connectivity index (χ1n) is 5.67. The maximum absolute atomic E-state index is 9.23. The molecule has 0 fully saturated rings. The van der Waals surface area contributed by atoms with Crippen LogP contribution in [0, 0.1) is 13.8 Å². The molecule has 4 nitrogen and oxygen atoms in total. The zero-order valence-corrected chi connectivity index (χ0v) is 11.0. The lowest BCUT2D eigenvalue weighted by molar-refractivity contribution is 0.174. The lowest BCUT2D eigenvalue weighted by atomic mass is 10.1. The third-order valence-electron chi connectivity index (χ3n) is 2.99. The van der Waals surface area contributed by atoms with Crippen molar-refractivity contribution in [1.82, 2.24) is 4.98 Å². The SMILES string of the molecule is Cc1cc2c(cc1-c1nc(C)c(CO)s1)OCO2. The van der Waals surface area contributed by atoms with Crippen LogP contribution in [0.1, 0.15) is 16.1 Å². The number of aliphatic hydroxyl groups is 1. The smallest absolute Gasteiger partial charge is 0.231 e. The van der Waals surface area contributed by atoms with Gasteiger partial charge in [-0.2, -0.15) is 0 Å². The van der Waals surface area contributed by atoms with Crippen molar-refractivity contribution in [2.24, 2.45) is 0 Å². The minimum Gasteiger partial charge on any atom is -0.454 e.